The summed E-state index contributed by atoms with van der Waals surface area (Å²) < 4.78 is 0. The Labute approximate surface area is 142 Å². The molecule has 0 heterocycles. The van der Waals surface area contributed by atoms with E-state index in [2.05, 4.69) is 33.1 Å². The SMILES string of the molecule is C=C1CC2CCC3C4CCC(=C)C4(N)CCC3C2(C)C/C1=C/C. The summed E-state index contributed by atoms with van der Waals surface area (Å²) in [6.07, 6.45) is 12.5. The van der Waals surface area contributed by atoms with Gasteiger partial charge in [-0.1, -0.05) is 37.3 Å². The Morgan fingerprint density at radius 3 is 2.65 bits per heavy atom. The van der Waals surface area contributed by atoms with Gasteiger partial charge >= 0.3 is 0 Å². The lowest BCUT2D eigenvalue weighted by atomic mass is 9.45. The van der Waals surface area contributed by atoms with Gasteiger partial charge in [-0.05, 0) is 93.0 Å². The Kier molecular flexibility index (Phi) is 3.47. The number of nitrogens with two attached hydrogens (primary N) is 1. The predicted octanol–water partition coefficient (Wildman–Crippen LogP) is 5.39. The Balaban J connectivity index is 1.68. The van der Waals surface area contributed by atoms with Crippen LogP contribution >= 0.6 is 0 Å². The fourth-order valence-corrected chi connectivity index (χ4v) is 7.06. The van der Waals surface area contributed by atoms with Crippen LogP contribution in [0.5, 0.6) is 0 Å². The Bertz CT molecular complexity index is 585. The summed E-state index contributed by atoms with van der Waals surface area (Å²) in [6, 6.07) is 0. The van der Waals surface area contributed by atoms with E-state index in [1.165, 1.54) is 68.1 Å². The molecule has 126 valence electrons. The van der Waals surface area contributed by atoms with Crippen LogP contribution in [0.25, 0.3) is 0 Å². The van der Waals surface area contributed by atoms with E-state index in [-0.39, 0.29) is 5.54 Å². The van der Waals surface area contributed by atoms with Gasteiger partial charge < -0.3 is 5.73 Å². The van der Waals surface area contributed by atoms with E-state index in [9.17, 15) is 0 Å². The maximum absolute atomic E-state index is 6.88. The average Bonchev–Trinajstić information content (AvgIpc) is 2.83. The zero-order valence-corrected chi connectivity index (χ0v) is 15.0. The van der Waals surface area contributed by atoms with Gasteiger partial charge in [0.25, 0.3) is 0 Å². The molecular formula is C22H33N. The van der Waals surface area contributed by atoms with E-state index in [0.717, 1.165) is 17.8 Å². The second-order valence-corrected chi connectivity index (χ2v) is 9.18. The minimum Gasteiger partial charge on any atom is -0.321 e. The fraction of sp³-hybridized carbons (Fsp3) is 0.727. The Morgan fingerprint density at radius 1 is 1.13 bits per heavy atom. The van der Waals surface area contributed by atoms with Gasteiger partial charge in [-0.25, -0.2) is 0 Å². The molecule has 4 fully saturated rings. The molecule has 0 amide bonds. The van der Waals surface area contributed by atoms with Gasteiger partial charge in [0.2, 0.25) is 0 Å². The van der Waals surface area contributed by atoms with Gasteiger partial charge in [0.05, 0.1) is 0 Å². The van der Waals surface area contributed by atoms with Crippen LogP contribution < -0.4 is 5.73 Å². The van der Waals surface area contributed by atoms with Gasteiger partial charge in [0, 0.05) is 5.54 Å². The van der Waals surface area contributed by atoms with Crippen molar-refractivity contribution in [2.75, 3.05) is 0 Å². The lowest BCUT2D eigenvalue weighted by molar-refractivity contribution is -0.0698. The molecule has 1 nitrogen and oxygen atoms in total. The highest BCUT2D eigenvalue weighted by Gasteiger charge is 2.59. The monoisotopic (exact) mass is 311 g/mol. The third kappa shape index (κ3) is 2.02. The zero-order valence-electron chi connectivity index (χ0n) is 15.0. The van der Waals surface area contributed by atoms with Gasteiger partial charge in [-0.2, -0.15) is 0 Å². The average molecular weight is 312 g/mol. The number of allylic oxidation sites excluding steroid dienone is 3. The van der Waals surface area contributed by atoms with Crippen molar-refractivity contribution in [3.8, 4) is 0 Å². The molecule has 0 aromatic rings. The molecule has 0 spiro atoms. The summed E-state index contributed by atoms with van der Waals surface area (Å²) in [7, 11) is 0. The first kappa shape index (κ1) is 15.7. The molecule has 4 saturated carbocycles. The van der Waals surface area contributed by atoms with E-state index < -0.39 is 0 Å². The molecule has 0 aliphatic heterocycles. The van der Waals surface area contributed by atoms with Crippen LogP contribution in [0.3, 0.4) is 0 Å². The molecule has 4 aliphatic rings. The first-order valence-electron chi connectivity index (χ1n) is 9.70. The van der Waals surface area contributed by atoms with Crippen molar-refractivity contribution in [3.63, 3.8) is 0 Å². The lowest BCUT2D eigenvalue weighted by Crippen LogP contribution is -2.58. The van der Waals surface area contributed by atoms with Gasteiger partial charge in [-0.3, -0.25) is 0 Å². The van der Waals surface area contributed by atoms with Crippen LogP contribution in [0, 0.1) is 29.1 Å². The van der Waals surface area contributed by atoms with Crippen molar-refractivity contribution in [1.82, 2.24) is 0 Å². The summed E-state index contributed by atoms with van der Waals surface area (Å²) in [5, 5.41) is 0. The van der Waals surface area contributed by atoms with Crippen molar-refractivity contribution >= 4 is 0 Å². The summed E-state index contributed by atoms with van der Waals surface area (Å²) >= 11 is 0. The van der Waals surface area contributed by atoms with E-state index >= 15 is 0 Å². The molecule has 0 saturated heterocycles. The number of hydrogen-bond acceptors (Lipinski definition) is 1. The Morgan fingerprint density at radius 2 is 1.91 bits per heavy atom. The maximum Gasteiger partial charge on any atom is 0.0397 e. The standard InChI is InChI=1S/C22H33N/c1-5-16-13-21(4)17(12-14(16)2)7-8-18-19(21)10-11-22(23)15(3)6-9-20(18)22/h5,17-20H,2-3,6-13,23H2,1,4H3/b16-5-. The van der Waals surface area contributed by atoms with E-state index in [0.29, 0.717) is 11.3 Å². The molecule has 0 aromatic carbocycles. The molecule has 2 N–H and O–H groups in total. The molecule has 0 radical (unpaired) electrons. The van der Waals surface area contributed by atoms with Gasteiger partial charge in [0.15, 0.2) is 0 Å². The zero-order chi connectivity index (χ0) is 16.4. The lowest BCUT2D eigenvalue weighted by Gasteiger charge is -2.60. The summed E-state index contributed by atoms with van der Waals surface area (Å²) in [4.78, 5) is 0. The van der Waals surface area contributed by atoms with Crippen molar-refractivity contribution in [3.05, 3.63) is 36.0 Å². The minimum atomic E-state index is -0.0357. The quantitative estimate of drug-likeness (QED) is 0.596. The molecule has 4 rings (SSSR count). The van der Waals surface area contributed by atoms with Crippen molar-refractivity contribution < 1.29 is 0 Å². The smallest absolute Gasteiger partial charge is 0.0397 e. The van der Waals surface area contributed by atoms with Crippen LogP contribution in [0.1, 0.15) is 65.2 Å². The van der Waals surface area contributed by atoms with Crippen molar-refractivity contribution in [2.45, 2.75) is 70.8 Å². The third-order valence-electron chi connectivity index (χ3n) is 8.47. The van der Waals surface area contributed by atoms with Crippen LogP contribution in [0.15, 0.2) is 36.0 Å². The molecular weight excluding hydrogens is 278 g/mol. The fourth-order valence-electron chi connectivity index (χ4n) is 7.06. The topological polar surface area (TPSA) is 26.0 Å². The molecule has 0 bridgehead atoms. The highest BCUT2D eigenvalue weighted by molar-refractivity contribution is 5.35. The molecule has 6 unspecified atom stereocenters. The van der Waals surface area contributed by atoms with E-state index in [4.69, 9.17) is 5.73 Å². The van der Waals surface area contributed by atoms with Crippen LogP contribution in [-0.4, -0.2) is 5.54 Å². The largest absolute Gasteiger partial charge is 0.321 e. The third-order valence-corrected chi connectivity index (χ3v) is 8.47. The minimum absolute atomic E-state index is 0.0357. The highest BCUT2D eigenvalue weighted by Crippen LogP contribution is 2.65. The molecule has 0 aromatic heterocycles. The van der Waals surface area contributed by atoms with Crippen LogP contribution in [-0.2, 0) is 0 Å². The molecule has 6 atom stereocenters. The van der Waals surface area contributed by atoms with E-state index in [1.807, 2.05) is 0 Å². The maximum atomic E-state index is 6.88. The summed E-state index contributed by atoms with van der Waals surface area (Å²) in [5.41, 5.74) is 11.6. The van der Waals surface area contributed by atoms with Gasteiger partial charge in [0.1, 0.15) is 0 Å². The Hall–Kier alpha value is -0.820. The van der Waals surface area contributed by atoms with Crippen molar-refractivity contribution in [2.24, 2.45) is 34.8 Å². The second kappa shape index (κ2) is 5.09. The van der Waals surface area contributed by atoms with Crippen LogP contribution in [0.4, 0.5) is 0 Å². The first-order chi connectivity index (χ1) is 10.9. The first-order valence-corrected chi connectivity index (χ1v) is 9.70. The van der Waals surface area contributed by atoms with Crippen molar-refractivity contribution in [1.29, 1.82) is 0 Å². The second-order valence-electron chi connectivity index (χ2n) is 9.18. The molecule has 4 aliphatic carbocycles. The highest BCUT2D eigenvalue weighted by atomic mass is 14.8. The number of rotatable bonds is 0. The number of fused-ring (bicyclic) bond motifs is 5. The normalized spacial score (nSPS) is 51.3. The van der Waals surface area contributed by atoms with Crippen LogP contribution in [0.2, 0.25) is 0 Å². The number of hydrogen-bond donors (Lipinski definition) is 1. The molecule has 23 heavy (non-hydrogen) atoms. The summed E-state index contributed by atoms with van der Waals surface area (Å²) in [5.74, 6) is 3.23. The summed E-state index contributed by atoms with van der Waals surface area (Å²) in [6.45, 7) is 13.5. The van der Waals surface area contributed by atoms with E-state index in [1.54, 1.807) is 0 Å². The van der Waals surface area contributed by atoms with Gasteiger partial charge in [-0.15, -0.1) is 0 Å². The predicted molar refractivity (Wildman–Crippen MR) is 98.0 cm³/mol. The molecule has 1 heteroatoms.